The van der Waals surface area contributed by atoms with Crippen molar-refractivity contribution < 1.29 is 14.2 Å². The molecule has 0 atom stereocenters. The highest BCUT2D eigenvalue weighted by Gasteiger charge is 2.12. The highest BCUT2D eigenvalue weighted by atomic mass is 19.1. The summed E-state index contributed by atoms with van der Waals surface area (Å²) < 4.78 is 16.7. The molecule has 3 heteroatoms. The van der Waals surface area contributed by atoms with Crippen LogP contribution in [-0.4, -0.2) is 24.4 Å². The molecule has 0 unspecified atom stereocenters. The van der Waals surface area contributed by atoms with Gasteiger partial charge in [-0.05, 0) is 26.0 Å². The molecule has 0 saturated carbocycles. The summed E-state index contributed by atoms with van der Waals surface area (Å²) in [6.07, 6.45) is 0. The largest absolute Gasteiger partial charge is 0.393 e. The van der Waals surface area contributed by atoms with Gasteiger partial charge in [0.2, 0.25) is 0 Å². The van der Waals surface area contributed by atoms with E-state index in [2.05, 4.69) is 0 Å². The Morgan fingerprint density at radius 2 is 1.62 bits per heavy atom. The number of methoxy groups -OCH3 is 1. The van der Waals surface area contributed by atoms with Gasteiger partial charge in [0.1, 0.15) is 5.82 Å². The lowest BCUT2D eigenvalue weighted by Gasteiger charge is -2.18. The topological polar surface area (TPSA) is 29.5 Å². The van der Waals surface area contributed by atoms with Crippen molar-refractivity contribution in [2.75, 3.05) is 13.7 Å². The van der Waals surface area contributed by atoms with Crippen LogP contribution in [-0.2, 0) is 4.74 Å². The summed E-state index contributed by atoms with van der Waals surface area (Å²) in [6, 6.07) is 7.94. The SMILES string of the molecule is CC.COC(C)(C)CO.Fc1ccccc1. The first kappa shape index (κ1) is 17.5. The molecule has 0 fully saturated rings. The van der Waals surface area contributed by atoms with E-state index in [1.54, 1.807) is 25.3 Å². The molecule has 0 aromatic heterocycles. The van der Waals surface area contributed by atoms with E-state index in [0.29, 0.717) is 0 Å². The summed E-state index contributed by atoms with van der Waals surface area (Å²) >= 11 is 0. The minimum Gasteiger partial charge on any atom is -0.393 e. The lowest BCUT2D eigenvalue weighted by atomic mass is 10.2. The molecule has 0 spiro atoms. The molecule has 0 aliphatic heterocycles. The Hall–Kier alpha value is -0.930. The first-order valence-electron chi connectivity index (χ1n) is 5.38. The molecule has 0 aliphatic carbocycles. The van der Waals surface area contributed by atoms with Gasteiger partial charge in [0.05, 0.1) is 12.2 Å². The Morgan fingerprint density at radius 1 is 1.19 bits per heavy atom. The van der Waals surface area contributed by atoms with Crippen molar-refractivity contribution in [1.82, 2.24) is 0 Å². The monoisotopic (exact) mass is 230 g/mol. The van der Waals surface area contributed by atoms with Gasteiger partial charge in [-0.15, -0.1) is 0 Å². The molecule has 1 rings (SSSR count). The third-order valence-corrected chi connectivity index (χ3v) is 1.67. The number of benzene rings is 1. The van der Waals surface area contributed by atoms with Gasteiger partial charge in [-0.3, -0.25) is 0 Å². The van der Waals surface area contributed by atoms with Gasteiger partial charge >= 0.3 is 0 Å². The fourth-order valence-corrected chi connectivity index (χ4v) is 0.479. The normalized spacial score (nSPS) is 9.44. The van der Waals surface area contributed by atoms with Crippen molar-refractivity contribution in [3.63, 3.8) is 0 Å². The third kappa shape index (κ3) is 11.1. The second kappa shape index (κ2) is 10.6. The minimum absolute atomic E-state index is 0.0729. The lowest BCUT2D eigenvalue weighted by Crippen LogP contribution is -2.26. The smallest absolute Gasteiger partial charge is 0.123 e. The Bertz CT molecular complexity index is 229. The number of halogens is 1. The predicted molar refractivity (Wildman–Crippen MR) is 65.9 cm³/mol. The van der Waals surface area contributed by atoms with Gasteiger partial charge in [-0.1, -0.05) is 32.0 Å². The van der Waals surface area contributed by atoms with Crippen molar-refractivity contribution in [1.29, 1.82) is 0 Å². The van der Waals surface area contributed by atoms with Crippen LogP contribution in [0.3, 0.4) is 0 Å². The quantitative estimate of drug-likeness (QED) is 0.845. The maximum atomic E-state index is 11.9. The fraction of sp³-hybridized carbons (Fsp3) is 0.538. The van der Waals surface area contributed by atoms with E-state index in [1.165, 1.54) is 12.1 Å². The second-order valence-corrected chi connectivity index (χ2v) is 3.42. The van der Waals surface area contributed by atoms with Gasteiger partial charge in [0.15, 0.2) is 0 Å². The van der Waals surface area contributed by atoms with Crippen molar-refractivity contribution in [2.24, 2.45) is 0 Å². The minimum atomic E-state index is -0.361. The molecule has 1 N–H and O–H groups in total. The summed E-state index contributed by atoms with van der Waals surface area (Å²) in [7, 11) is 1.58. The van der Waals surface area contributed by atoms with E-state index in [9.17, 15) is 4.39 Å². The molecule has 0 saturated heterocycles. The zero-order chi connectivity index (χ0) is 13.0. The van der Waals surface area contributed by atoms with Gasteiger partial charge in [0.25, 0.3) is 0 Å². The molecule has 0 aliphatic rings. The van der Waals surface area contributed by atoms with Crippen LogP contribution in [0.4, 0.5) is 4.39 Å². The molecular formula is C13H23FO2. The van der Waals surface area contributed by atoms with Crippen LogP contribution in [0.25, 0.3) is 0 Å². The van der Waals surface area contributed by atoms with Crippen LogP contribution in [0.15, 0.2) is 30.3 Å². The van der Waals surface area contributed by atoms with Crippen LogP contribution < -0.4 is 0 Å². The molecular weight excluding hydrogens is 207 g/mol. The number of rotatable bonds is 2. The molecule has 16 heavy (non-hydrogen) atoms. The van der Waals surface area contributed by atoms with E-state index in [1.807, 2.05) is 27.7 Å². The lowest BCUT2D eigenvalue weighted by molar-refractivity contribution is -0.0226. The van der Waals surface area contributed by atoms with Crippen LogP contribution in [0.1, 0.15) is 27.7 Å². The number of aliphatic hydroxyl groups excluding tert-OH is 1. The highest BCUT2D eigenvalue weighted by molar-refractivity contribution is 5.02. The van der Waals surface area contributed by atoms with E-state index in [4.69, 9.17) is 9.84 Å². The zero-order valence-electron chi connectivity index (χ0n) is 10.8. The fourth-order valence-electron chi connectivity index (χ4n) is 0.479. The number of hydrogen-bond acceptors (Lipinski definition) is 2. The van der Waals surface area contributed by atoms with Gasteiger partial charge in [-0.2, -0.15) is 0 Å². The Kier molecular flexibility index (Phi) is 11.6. The number of ether oxygens (including phenoxy) is 1. The van der Waals surface area contributed by atoms with E-state index in [0.717, 1.165) is 0 Å². The van der Waals surface area contributed by atoms with Crippen molar-refractivity contribution in [3.05, 3.63) is 36.1 Å². The molecule has 94 valence electrons. The van der Waals surface area contributed by atoms with E-state index < -0.39 is 0 Å². The number of aliphatic hydroxyl groups is 1. The van der Waals surface area contributed by atoms with Crippen molar-refractivity contribution in [3.8, 4) is 0 Å². The predicted octanol–water partition coefficient (Wildman–Crippen LogP) is 3.26. The zero-order valence-corrected chi connectivity index (χ0v) is 10.8. The summed E-state index contributed by atoms with van der Waals surface area (Å²) in [5.74, 6) is -0.178. The highest BCUT2D eigenvalue weighted by Crippen LogP contribution is 2.03. The van der Waals surface area contributed by atoms with Crippen LogP contribution in [0, 0.1) is 5.82 Å². The van der Waals surface area contributed by atoms with Crippen molar-refractivity contribution >= 4 is 0 Å². The maximum Gasteiger partial charge on any atom is 0.123 e. The maximum absolute atomic E-state index is 11.9. The molecule has 1 aromatic carbocycles. The molecule has 0 heterocycles. The standard InChI is InChI=1S/C6H5F.C5H12O2.C2H6/c7-6-4-2-1-3-5-6;1-5(2,4-6)7-3;1-2/h1-5H;6H,4H2,1-3H3;1-2H3. The first-order chi connectivity index (χ1) is 7.52. The van der Waals surface area contributed by atoms with Crippen LogP contribution >= 0.6 is 0 Å². The Morgan fingerprint density at radius 3 is 1.75 bits per heavy atom. The first-order valence-corrected chi connectivity index (χ1v) is 5.38. The Labute approximate surface area is 98.1 Å². The molecule has 0 amide bonds. The van der Waals surface area contributed by atoms with Gasteiger partial charge < -0.3 is 9.84 Å². The Balaban J connectivity index is 0. The van der Waals surface area contributed by atoms with Crippen molar-refractivity contribution in [2.45, 2.75) is 33.3 Å². The second-order valence-electron chi connectivity index (χ2n) is 3.42. The third-order valence-electron chi connectivity index (χ3n) is 1.67. The van der Waals surface area contributed by atoms with E-state index >= 15 is 0 Å². The van der Waals surface area contributed by atoms with Gasteiger partial charge in [-0.25, -0.2) is 4.39 Å². The average Bonchev–Trinajstić information content (AvgIpc) is 2.33. The van der Waals surface area contributed by atoms with Gasteiger partial charge in [0, 0.05) is 7.11 Å². The molecule has 0 radical (unpaired) electrons. The molecule has 2 nitrogen and oxygen atoms in total. The summed E-state index contributed by atoms with van der Waals surface area (Å²) in [5.41, 5.74) is -0.361. The van der Waals surface area contributed by atoms with Crippen LogP contribution in [0.2, 0.25) is 0 Å². The van der Waals surface area contributed by atoms with Crippen LogP contribution in [0.5, 0.6) is 0 Å². The molecule has 1 aromatic rings. The summed E-state index contributed by atoms with van der Waals surface area (Å²) in [4.78, 5) is 0. The average molecular weight is 230 g/mol. The summed E-state index contributed by atoms with van der Waals surface area (Å²) in [6.45, 7) is 7.73. The molecule has 0 bridgehead atoms. The van der Waals surface area contributed by atoms with E-state index in [-0.39, 0.29) is 18.0 Å². The number of hydrogen-bond donors (Lipinski definition) is 1. The summed E-state index contributed by atoms with van der Waals surface area (Å²) in [5, 5.41) is 8.47.